The van der Waals surface area contributed by atoms with E-state index in [2.05, 4.69) is 20.9 Å². The highest BCUT2D eigenvalue weighted by Crippen LogP contribution is 2.28. The molecule has 0 bridgehead atoms. The number of aromatic nitrogens is 1. The third kappa shape index (κ3) is 1.82. The Bertz CT molecular complexity index is 410. The number of thiophene rings is 1. The lowest BCUT2D eigenvalue weighted by atomic mass is 10.4. The van der Waals surface area contributed by atoms with E-state index in [4.69, 9.17) is 10.2 Å². The molecular weight excluding hydrogens is 252 g/mol. The van der Waals surface area contributed by atoms with Gasteiger partial charge in [-0.3, -0.25) is 0 Å². The fraction of sp³-hybridized carbons (Fsp3) is 0.125. The molecule has 0 fully saturated rings. The molecule has 5 heteroatoms. The minimum atomic E-state index is 0.340. The van der Waals surface area contributed by atoms with Crippen molar-refractivity contribution in [2.75, 3.05) is 0 Å². The van der Waals surface area contributed by atoms with Gasteiger partial charge in [-0.05, 0) is 22.0 Å². The SMILES string of the molecule is NCc1nc(-c2cc(Br)cs2)co1. The maximum Gasteiger partial charge on any atom is 0.208 e. The van der Waals surface area contributed by atoms with E-state index in [1.54, 1.807) is 17.6 Å². The molecule has 0 amide bonds. The second-order valence-electron chi connectivity index (χ2n) is 2.46. The highest BCUT2D eigenvalue weighted by atomic mass is 79.9. The summed E-state index contributed by atoms with van der Waals surface area (Å²) in [6.07, 6.45) is 1.63. The first-order chi connectivity index (χ1) is 6.29. The molecule has 0 spiro atoms. The lowest BCUT2D eigenvalue weighted by Crippen LogP contribution is -1.95. The van der Waals surface area contributed by atoms with E-state index in [9.17, 15) is 0 Å². The molecule has 68 valence electrons. The lowest BCUT2D eigenvalue weighted by Gasteiger charge is -1.84. The molecule has 0 radical (unpaired) electrons. The molecule has 0 saturated carbocycles. The molecule has 0 unspecified atom stereocenters. The Labute approximate surface area is 87.7 Å². The number of hydrogen-bond acceptors (Lipinski definition) is 4. The summed E-state index contributed by atoms with van der Waals surface area (Å²) in [6, 6.07) is 2.00. The normalized spacial score (nSPS) is 10.6. The van der Waals surface area contributed by atoms with Crippen LogP contribution in [0, 0.1) is 0 Å². The van der Waals surface area contributed by atoms with E-state index in [1.807, 2.05) is 11.4 Å². The minimum Gasteiger partial charge on any atom is -0.447 e. The van der Waals surface area contributed by atoms with Gasteiger partial charge in [-0.15, -0.1) is 11.3 Å². The lowest BCUT2D eigenvalue weighted by molar-refractivity contribution is 0.498. The zero-order chi connectivity index (χ0) is 9.26. The summed E-state index contributed by atoms with van der Waals surface area (Å²) in [4.78, 5) is 5.29. The third-order valence-electron chi connectivity index (χ3n) is 1.55. The number of nitrogens with zero attached hydrogens (tertiary/aromatic N) is 1. The highest BCUT2D eigenvalue weighted by Gasteiger charge is 2.06. The number of halogens is 1. The molecule has 2 N–H and O–H groups in total. The molecular formula is C8H7BrN2OS. The van der Waals surface area contributed by atoms with Crippen LogP contribution in [0.3, 0.4) is 0 Å². The molecule has 0 aliphatic carbocycles. The van der Waals surface area contributed by atoms with E-state index in [-0.39, 0.29) is 0 Å². The highest BCUT2D eigenvalue weighted by molar-refractivity contribution is 9.10. The molecule has 2 rings (SSSR count). The van der Waals surface area contributed by atoms with Crippen molar-refractivity contribution in [3.8, 4) is 10.6 Å². The zero-order valence-electron chi connectivity index (χ0n) is 6.66. The molecule has 2 aromatic heterocycles. The smallest absolute Gasteiger partial charge is 0.208 e. The summed E-state index contributed by atoms with van der Waals surface area (Å²) in [6.45, 7) is 0.340. The average molecular weight is 259 g/mol. The van der Waals surface area contributed by atoms with Gasteiger partial charge in [0, 0.05) is 9.85 Å². The average Bonchev–Trinajstić information content (AvgIpc) is 2.71. The third-order valence-corrected chi connectivity index (χ3v) is 3.26. The standard InChI is InChI=1S/C8H7BrN2OS/c9-5-1-7(13-4-5)6-3-12-8(2-10)11-6/h1,3-4H,2,10H2. The van der Waals surface area contributed by atoms with Gasteiger partial charge in [0.25, 0.3) is 0 Å². The van der Waals surface area contributed by atoms with Crippen LogP contribution in [-0.4, -0.2) is 4.98 Å². The van der Waals surface area contributed by atoms with Gasteiger partial charge in [0.1, 0.15) is 12.0 Å². The molecule has 2 heterocycles. The second kappa shape index (κ2) is 3.61. The van der Waals surface area contributed by atoms with Gasteiger partial charge in [-0.2, -0.15) is 0 Å². The van der Waals surface area contributed by atoms with Crippen molar-refractivity contribution in [3.63, 3.8) is 0 Å². The summed E-state index contributed by atoms with van der Waals surface area (Å²) in [5.74, 6) is 0.569. The Morgan fingerprint density at radius 2 is 2.46 bits per heavy atom. The maximum atomic E-state index is 5.38. The van der Waals surface area contributed by atoms with E-state index >= 15 is 0 Å². The van der Waals surface area contributed by atoms with E-state index in [0.29, 0.717) is 12.4 Å². The Hall–Kier alpha value is -0.650. The molecule has 0 saturated heterocycles. The van der Waals surface area contributed by atoms with Crippen molar-refractivity contribution in [2.45, 2.75) is 6.54 Å². The Balaban J connectivity index is 2.35. The van der Waals surface area contributed by atoms with Crippen molar-refractivity contribution < 1.29 is 4.42 Å². The van der Waals surface area contributed by atoms with Crippen LogP contribution in [0.4, 0.5) is 0 Å². The van der Waals surface area contributed by atoms with Crippen LogP contribution >= 0.6 is 27.3 Å². The molecule has 0 atom stereocenters. The second-order valence-corrected chi connectivity index (χ2v) is 4.29. The van der Waals surface area contributed by atoms with Crippen LogP contribution in [0.2, 0.25) is 0 Å². The minimum absolute atomic E-state index is 0.340. The van der Waals surface area contributed by atoms with Crippen molar-refractivity contribution >= 4 is 27.3 Å². The maximum absolute atomic E-state index is 5.38. The van der Waals surface area contributed by atoms with Crippen molar-refractivity contribution in [1.82, 2.24) is 4.98 Å². The van der Waals surface area contributed by atoms with E-state index in [1.165, 1.54) is 0 Å². The summed E-state index contributed by atoms with van der Waals surface area (Å²) in [7, 11) is 0. The van der Waals surface area contributed by atoms with Gasteiger partial charge in [-0.25, -0.2) is 4.98 Å². The first-order valence-electron chi connectivity index (χ1n) is 3.68. The van der Waals surface area contributed by atoms with Crippen LogP contribution in [0.1, 0.15) is 5.89 Å². The van der Waals surface area contributed by atoms with Gasteiger partial charge in [0.2, 0.25) is 5.89 Å². The Morgan fingerprint density at radius 3 is 3.00 bits per heavy atom. The summed E-state index contributed by atoms with van der Waals surface area (Å²) < 4.78 is 6.19. The molecule has 3 nitrogen and oxygen atoms in total. The first-order valence-corrected chi connectivity index (χ1v) is 5.36. The molecule has 0 aliphatic rings. The fourth-order valence-electron chi connectivity index (χ4n) is 0.965. The monoisotopic (exact) mass is 258 g/mol. The first kappa shape index (κ1) is 8.93. The Kier molecular flexibility index (Phi) is 2.48. The summed E-state index contributed by atoms with van der Waals surface area (Å²) in [5, 5.41) is 2.01. The quantitative estimate of drug-likeness (QED) is 0.901. The number of oxazole rings is 1. The van der Waals surface area contributed by atoms with E-state index in [0.717, 1.165) is 15.0 Å². The number of hydrogen-bond donors (Lipinski definition) is 1. The van der Waals surface area contributed by atoms with Gasteiger partial charge in [0.15, 0.2) is 0 Å². The van der Waals surface area contributed by atoms with Gasteiger partial charge < -0.3 is 10.2 Å². The van der Waals surface area contributed by atoms with Crippen molar-refractivity contribution in [1.29, 1.82) is 0 Å². The molecule has 0 aromatic carbocycles. The van der Waals surface area contributed by atoms with Crippen LogP contribution in [-0.2, 0) is 6.54 Å². The van der Waals surface area contributed by atoms with Crippen molar-refractivity contribution in [3.05, 3.63) is 28.1 Å². The molecule has 0 aliphatic heterocycles. The van der Waals surface area contributed by atoms with Crippen LogP contribution in [0.15, 0.2) is 26.6 Å². The number of nitrogens with two attached hydrogens (primary N) is 1. The fourth-order valence-corrected chi connectivity index (χ4v) is 2.34. The molecule has 2 aromatic rings. The van der Waals surface area contributed by atoms with Crippen LogP contribution in [0.5, 0.6) is 0 Å². The van der Waals surface area contributed by atoms with Gasteiger partial charge in [-0.1, -0.05) is 0 Å². The predicted molar refractivity (Wildman–Crippen MR) is 55.4 cm³/mol. The topological polar surface area (TPSA) is 52.0 Å². The Morgan fingerprint density at radius 1 is 1.62 bits per heavy atom. The summed E-state index contributed by atoms with van der Waals surface area (Å²) >= 11 is 5.00. The predicted octanol–water partition coefficient (Wildman–Crippen LogP) is 2.62. The van der Waals surface area contributed by atoms with Gasteiger partial charge >= 0.3 is 0 Å². The van der Waals surface area contributed by atoms with E-state index < -0.39 is 0 Å². The van der Waals surface area contributed by atoms with Crippen molar-refractivity contribution in [2.24, 2.45) is 5.73 Å². The number of rotatable bonds is 2. The van der Waals surface area contributed by atoms with Crippen LogP contribution in [0.25, 0.3) is 10.6 Å². The summed E-state index contributed by atoms with van der Waals surface area (Å²) in [5.41, 5.74) is 6.23. The zero-order valence-corrected chi connectivity index (χ0v) is 9.06. The largest absolute Gasteiger partial charge is 0.447 e. The van der Waals surface area contributed by atoms with Gasteiger partial charge in [0.05, 0.1) is 11.4 Å². The van der Waals surface area contributed by atoms with Crippen LogP contribution < -0.4 is 5.73 Å². The molecule has 13 heavy (non-hydrogen) atoms.